The van der Waals surface area contributed by atoms with Gasteiger partial charge in [-0.05, 0) is 219 Å². The number of unbranched alkanes of at least 4 members (excludes halogenated alkanes) is 2. The van der Waals surface area contributed by atoms with Crippen LogP contribution in [0, 0.1) is 10.8 Å². The topological polar surface area (TPSA) is 3.24 Å². The Bertz CT molecular complexity index is 4570. The molecule has 0 aliphatic heterocycles. The maximum Gasteiger partial charge on any atom is 0.0725 e. The van der Waals surface area contributed by atoms with E-state index in [0.29, 0.717) is 5.92 Å². The van der Waals surface area contributed by atoms with Gasteiger partial charge in [-0.25, -0.2) is 0 Å². The Labute approximate surface area is 536 Å². The number of nitrogens with zero attached hydrogens (tertiary/aromatic N) is 1. The van der Waals surface area contributed by atoms with Crippen molar-refractivity contribution in [3.8, 4) is 77.9 Å². The number of benzene rings is 11. The highest BCUT2D eigenvalue weighted by Gasteiger charge is 2.52. The molecule has 0 bridgehead atoms. The molecule has 446 valence electrons. The van der Waals surface area contributed by atoms with E-state index in [1.54, 1.807) is 0 Å². The van der Waals surface area contributed by atoms with Crippen molar-refractivity contribution in [2.24, 2.45) is 10.8 Å². The first-order valence-corrected chi connectivity index (χ1v) is 33.6. The molecular weight excluding hydrogens is 1080 g/mol. The smallest absolute Gasteiger partial charge is 0.0725 e. The van der Waals surface area contributed by atoms with Crippen molar-refractivity contribution in [3.63, 3.8) is 0 Å². The summed E-state index contributed by atoms with van der Waals surface area (Å²) < 4.78 is 0. The molecule has 4 aliphatic rings. The summed E-state index contributed by atoms with van der Waals surface area (Å²) in [4.78, 5) is 2.52. The third-order valence-electron chi connectivity index (χ3n) is 21.5. The van der Waals surface area contributed by atoms with Crippen molar-refractivity contribution >= 4 is 17.1 Å². The summed E-state index contributed by atoms with van der Waals surface area (Å²) >= 11 is 0. The Morgan fingerprint density at radius 2 is 0.767 bits per heavy atom. The van der Waals surface area contributed by atoms with Gasteiger partial charge in [0.05, 0.1) is 5.41 Å². The third-order valence-corrected chi connectivity index (χ3v) is 21.5. The molecule has 0 radical (unpaired) electrons. The maximum absolute atomic E-state index is 2.64. The second-order valence-electron chi connectivity index (χ2n) is 29.6. The Hall–Kier alpha value is -8.78. The van der Waals surface area contributed by atoms with Crippen LogP contribution in [0.3, 0.4) is 0 Å². The summed E-state index contributed by atoms with van der Waals surface area (Å²) in [6, 6.07) is 94.4. The average molecular weight is 1170 g/mol. The number of anilines is 3. The standard InChI is InChI=1S/C89H85N/c1-11-13-50-88(51-14-12-2)77-49-44-64(90(63-41-36-59(37-42-63)58-26-16-15-17-27-58)65-43-48-71-68-30-20-23-33-76(68)87(9,10)80(71)56-65)55-75(77)74-46-39-60(52-81(74)88)61-38-45-72-69-31-21-24-34-78(69)89(82(72)53-61)79-35-25-22-32-70(79)73-47-40-62(54-83(73)89)66-28-18-19-29-67(66)84(86(6,7)8)57-85(3,4)5/h15-49,52-56,84H,11-14,50-51,57H2,1-10H3. The molecule has 1 heteroatoms. The van der Waals surface area contributed by atoms with Gasteiger partial charge in [0.25, 0.3) is 0 Å². The second kappa shape index (κ2) is 21.7. The van der Waals surface area contributed by atoms with Crippen LogP contribution in [0.1, 0.15) is 170 Å². The number of hydrogen-bond donors (Lipinski definition) is 0. The fourth-order valence-corrected chi connectivity index (χ4v) is 17.2. The highest BCUT2D eigenvalue weighted by molar-refractivity contribution is 5.98. The van der Waals surface area contributed by atoms with Gasteiger partial charge in [-0.3, -0.25) is 0 Å². The van der Waals surface area contributed by atoms with Gasteiger partial charge in [0.2, 0.25) is 0 Å². The summed E-state index contributed by atoms with van der Waals surface area (Å²) in [7, 11) is 0. The highest BCUT2D eigenvalue weighted by atomic mass is 15.1. The lowest BCUT2D eigenvalue weighted by molar-refractivity contribution is 0.229. The predicted molar refractivity (Wildman–Crippen MR) is 383 cm³/mol. The predicted octanol–water partition coefficient (Wildman–Crippen LogP) is 25.0. The molecule has 0 saturated heterocycles. The molecule has 2 unspecified atom stereocenters. The van der Waals surface area contributed by atoms with Crippen LogP contribution in [0.15, 0.2) is 243 Å². The summed E-state index contributed by atoms with van der Waals surface area (Å²) in [5.74, 6) is 0.383. The van der Waals surface area contributed by atoms with E-state index in [1.165, 1.54) is 152 Å². The molecule has 1 spiro atoms. The molecule has 4 aliphatic carbocycles. The van der Waals surface area contributed by atoms with Crippen LogP contribution in [0.25, 0.3) is 77.9 Å². The monoisotopic (exact) mass is 1170 g/mol. The van der Waals surface area contributed by atoms with Crippen LogP contribution in [0.2, 0.25) is 0 Å². The highest BCUT2D eigenvalue weighted by Crippen LogP contribution is 2.65. The quantitative estimate of drug-likeness (QED) is 0.105. The SMILES string of the molecule is CCCCC1(CCCC)c2ccc(N(c3ccc(-c4ccccc4)cc3)c3ccc4c(c3)C(C)(C)c3ccccc3-4)cc2-c2ccc(-c3ccc4c(c3)C3(c5ccccc5-4)c4ccccc4-c4ccc(-c5ccccc5C(CC(C)(C)C)C(C)(C)C)cc43)cc21. The normalized spacial score (nSPS) is 16.2. The molecule has 2 atom stereocenters. The zero-order chi connectivity index (χ0) is 61.9. The van der Waals surface area contributed by atoms with Crippen LogP contribution in [-0.4, -0.2) is 0 Å². The molecule has 0 N–H and O–H groups in total. The average Bonchev–Trinajstić information content (AvgIpc) is 1.53. The molecule has 0 heterocycles. The van der Waals surface area contributed by atoms with Gasteiger partial charge < -0.3 is 4.90 Å². The van der Waals surface area contributed by atoms with Crippen LogP contribution in [-0.2, 0) is 16.2 Å². The fourth-order valence-electron chi connectivity index (χ4n) is 17.2. The molecule has 15 rings (SSSR count). The minimum absolute atomic E-state index is 0.0823. The lowest BCUT2D eigenvalue weighted by Crippen LogP contribution is -2.26. The number of rotatable bonds is 14. The van der Waals surface area contributed by atoms with E-state index < -0.39 is 5.41 Å². The van der Waals surface area contributed by atoms with Crippen molar-refractivity contribution in [2.45, 2.75) is 136 Å². The lowest BCUT2D eigenvalue weighted by atomic mass is 9.67. The van der Waals surface area contributed by atoms with Gasteiger partial charge in [-0.1, -0.05) is 283 Å². The van der Waals surface area contributed by atoms with E-state index >= 15 is 0 Å². The van der Waals surface area contributed by atoms with Gasteiger partial charge in [0.15, 0.2) is 0 Å². The summed E-state index contributed by atoms with van der Waals surface area (Å²) in [5.41, 5.74) is 34.1. The molecular formula is C89H85N. The first-order chi connectivity index (χ1) is 43.5. The summed E-state index contributed by atoms with van der Waals surface area (Å²) in [5, 5.41) is 0. The molecule has 1 nitrogen and oxygen atoms in total. The molecule has 0 amide bonds. The van der Waals surface area contributed by atoms with E-state index in [0.717, 1.165) is 37.8 Å². The van der Waals surface area contributed by atoms with Crippen molar-refractivity contribution in [3.05, 3.63) is 293 Å². The fraction of sp³-hybridized carbons (Fsp3) is 0.258. The Balaban J connectivity index is 0.887. The minimum atomic E-state index is -0.505. The molecule has 11 aromatic rings. The first kappa shape index (κ1) is 57.6. The molecule has 0 saturated carbocycles. The van der Waals surface area contributed by atoms with Crippen molar-refractivity contribution in [1.82, 2.24) is 0 Å². The van der Waals surface area contributed by atoms with E-state index in [4.69, 9.17) is 0 Å². The van der Waals surface area contributed by atoms with Crippen LogP contribution < -0.4 is 4.90 Å². The van der Waals surface area contributed by atoms with E-state index in [-0.39, 0.29) is 21.7 Å². The van der Waals surface area contributed by atoms with Crippen LogP contribution >= 0.6 is 0 Å². The molecule has 0 fully saturated rings. The van der Waals surface area contributed by atoms with Crippen LogP contribution in [0.5, 0.6) is 0 Å². The first-order valence-electron chi connectivity index (χ1n) is 33.6. The summed E-state index contributed by atoms with van der Waals surface area (Å²) in [6.07, 6.45) is 7.98. The van der Waals surface area contributed by atoms with Gasteiger partial charge in [-0.2, -0.15) is 0 Å². The van der Waals surface area contributed by atoms with Crippen molar-refractivity contribution < 1.29 is 0 Å². The Kier molecular flexibility index (Phi) is 13.9. The molecule has 11 aromatic carbocycles. The van der Waals surface area contributed by atoms with Crippen LogP contribution in [0.4, 0.5) is 17.1 Å². The van der Waals surface area contributed by atoms with Gasteiger partial charge in [0, 0.05) is 27.9 Å². The number of fused-ring (bicyclic) bond motifs is 16. The van der Waals surface area contributed by atoms with E-state index in [1.807, 2.05) is 0 Å². The largest absolute Gasteiger partial charge is 0.310 e. The maximum atomic E-state index is 2.64. The van der Waals surface area contributed by atoms with Crippen molar-refractivity contribution in [2.75, 3.05) is 4.90 Å². The second-order valence-corrected chi connectivity index (χ2v) is 29.6. The van der Waals surface area contributed by atoms with Gasteiger partial charge in [0.1, 0.15) is 0 Å². The Morgan fingerprint density at radius 3 is 1.37 bits per heavy atom. The Morgan fingerprint density at radius 1 is 0.333 bits per heavy atom. The molecule has 90 heavy (non-hydrogen) atoms. The lowest BCUT2D eigenvalue weighted by Gasteiger charge is -2.37. The van der Waals surface area contributed by atoms with Gasteiger partial charge in [-0.15, -0.1) is 0 Å². The van der Waals surface area contributed by atoms with Crippen molar-refractivity contribution in [1.29, 1.82) is 0 Å². The summed E-state index contributed by atoms with van der Waals surface area (Å²) in [6.45, 7) is 24.0. The van der Waals surface area contributed by atoms with E-state index in [9.17, 15) is 0 Å². The zero-order valence-electron chi connectivity index (χ0n) is 54.6. The third kappa shape index (κ3) is 9.07. The number of hydrogen-bond acceptors (Lipinski definition) is 1. The minimum Gasteiger partial charge on any atom is -0.310 e. The van der Waals surface area contributed by atoms with E-state index in [2.05, 4.69) is 317 Å². The zero-order valence-corrected chi connectivity index (χ0v) is 54.6. The van der Waals surface area contributed by atoms with Gasteiger partial charge >= 0.3 is 0 Å². The molecule has 0 aromatic heterocycles.